The smallest absolute Gasteiger partial charge is 0.254 e. The normalized spacial score (nSPS) is 23.4. The lowest BCUT2D eigenvalue weighted by molar-refractivity contribution is -0.151. The van der Waals surface area contributed by atoms with Crippen LogP contribution in [0.4, 0.5) is 0 Å². The minimum Gasteiger partial charge on any atom is -0.337 e. The van der Waals surface area contributed by atoms with Crippen molar-refractivity contribution in [1.82, 2.24) is 10.2 Å². The molecule has 1 heterocycles. The standard InChI is InChI=1S/C17H20N2O2/c1-4-9-14(5-2)19-12-15(20)18-17(3,16(19)21)13-10-7-6-8-11-13/h2,6-8,10-11,14H,4,9,12H2,1,3H3,(H,18,20). The second-order valence-corrected chi connectivity index (χ2v) is 5.44. The Morgan fingerprint density at radius 1 is 1.38 bits per heavy atom. The molecule has 0 saturated carbocycles. The summed E-state index contributed by atoms with van der Waals surface area (Å²) < 4.78 is 0. The Balaban J connectivity index is 2.38. The molecule has 2 amide bonds. The van der Waals surface area contributed by atoms with E-state index in [9.17, 15) is 9.59 Å². The van der Waals surface area contributed by atoms with Crippen LogP contribution < -0.4 is 5.32 Å². The van der Waals surface area contributed by atoms with Crippen LogP contribution in [0.15, 0.2) is 30.3 Å². The van der Waals surface area contributed by atoms with E-state index in [2.05, 4.69) is 11.2 Å². The number of nitrogens with one attached hydrogen (secondary N) is 1. The Kier molecular flexibility index (Phi) is 4.32. The molecule has 0 aromatic heterocycles. The van der Waals surface area contributed by atoms with Crippen molar-refractivity contribution in [2.45, 2.75) is 38.3 Å². The average Bonchev–Trinajstić information content (AvgIpc) is 2.49. The molecule has 4 nitrogen and oxygen atoms in total. The van der Waals surface area contributed by atoms with Gasteiger partial charge in [-0.05, 0) is 18.9 Å². The number of nitrogens with zero attached hydrogens (tertiary/aromatic N) is 1. The first kappa shape index (κ1) is 15.1. The molecule has 1 aromatic rings. The molecule has 1 aliphatic heterocycles. The lowest BCUT2D eigenvalue weighted by atomic mass is 9.87. The van der Waals surface area contributed by atoms with Crippen LogP contribution in [0.25, 0.3) is 0 Å². The van der Waals surface area contributed by atoms with Crippen molar-refractivity contribution >= 4 is 11.8 Å². The van der Waals surface area contributed by atoms with Crippen LogP contribution in [0, 0.1) is 12.3 Å². The largest absolute Gasteiger partial charge is 0.337 e. The van der Waals surface area contributed by atoms with E-state index >= 15 is 0 Å². The first-order chi connectivity index (χ1) is 10.0. The van der Waals surface area contributed by atoms with Gasteiger partial charge in [-0.1, -0.05) is 49.6 Å². The van der Waals surface area contributed by atoms with Gasteiger partial charge in [0.05, 0.1) is 6.04 Å². The topological polar surface area (TPSA) is 49.4 Å². The van der Waals surface area contributed by atoms with Crippen molar-refractivity contribution in [2.24, 2.45) is 0 Å². The number of piperazine rings is 1. The average molecular weight is 284 g/mol. The third kappa shape index (κ3) is 2.78. The molecular weight excluding hydrogens is 264 g/mol. The summed E-state index contributed by atoms with van der Waals surface area (Å²) >= 11 is 0. The molecule has 2 rings (SSSR count). The zero-order chi connectivity index (χ0) is 15.5. The van der Waals surface area contributed by atoms with Gasteiger partial charge >= 0.3 is 0 Å². The fourth-order valence-electron chi connectivity index (χ4n) is 2.71. The molecule has 110 valence electrons. The van der Waals surface area contributed by atoms with Gasteiger partial charge in [0.1, 0.15) is 12.1 Å². The molecule has 1 aromatic carbocycles. The van der Waals surface area contributed by atoms with Crippen molar-refractivity contribution < 1.29 is 9.59 Å². The highest BCUT2D eigenvalue weighted by atomic mass is 16.2. The van der Waals surface area contributed by atoms with Crippen molar-refractivity contribution in [3.8, 4) is 12.3 Å². The minimum absolute atomic E-state index is 0.0239. The van der Waals surface area contributed by atoms with Gasteiger partial charge in [-0.25, -0.2) is 0 Å². The van der Waals surface area contributed by atoms with Crippen LogP contribution in [0.1, 0.15) is 32.3 Å². The Morgan fingerprint density at radius 2 is 2.05 bits per heavy atom. The van der Waals surface area contributed by atoms with Crippen LogP contribution in [-0.4, -0.2) is 29.3 Å². The fourth-order valence-corrected chi connectivity index (χ4v) is 2.71. The zero-order valence-corrected chi connectivity index (χ0v) is 12.4. The van der Waals surface area contributed by atoms with Crippen molar-refractivity contribution in [2.75, 3.05) is 6.54 Å². The summed E-state index contributed by atoms with van der Waals surface area (Å²) in [5.74, 6) is 2.31. The third-order valence-corrected chi connectivity index (χ3v) is 3.87. The van der Waals surface area contributed by atoms with Gasteiger partial charge in [0.2, 0.25) is 5.91 Å². The van der Waals surface area contributed by atoms with Crippen molar-refractivity contribution in [3.63, 3.8) is 0 Å². The summed E-state index contributed by atoms with van der Waals surface area (Å²) in [7, 11) is 0. The molecule has 1 fully saturated rings. The summed E-state index contributed by atoms with van der Waals surface area (Å²) in [5.41, 5.74) is -0.292. The molecular formula is C17H20N2O2. The summed E-state index contributed by atoms with van der Waals surface area (Å²) in [6.07, 6.45) is 7.11. The van der Waals surface area contributed by atoms with Crippen LogP contribution in [0.3, 0.4) is 0 Å². The summed E-state index contributed by atoms with van der Waals surface area (Å²) in [6, 6.07) is 8.92. The molecule has 1 aliphatic rings. The van der Waals surface area contributed by atoms with E-state index < -0.39 is 5.54 Å². The number of hydrogen-bond acceptors (Lipinski definition) is 2. The van der Waals surface area contributed by atoms with Crippen LogP contribution >= 0.6 is 0 Å². The lowest BCUT2D eigenvalue weighted by Crippen LogP contribution is -2.65. The van der Waals surface area contributed by atoms with Gasteiger partial charge in [-0.3, -0.25) is 9.59 Å². The lowest BCUT2D eigenvalue weighted by Gasteiger charge is -2.42. The first-order valence-corrected chi connectivity index (χ1v) is 7.16. The maximum Gasteiger partial charge on any atom is 0.254 e. The van der Waals surface area contributed by atoms with Gasteiger partial charge in [0, 0.05) is 0 Å². The molecule has 1 N–H and O–H groups in total. The Labute approximate surface area is 125 Å². The number of rotatable bonds is 4. The van der Waals surface area contributed by atoms with E-state index in [0.717, 1.165) is 12.0 Å². The predicted octanol–water partition coefficient (Wildman–Crippen LogP) is 1.66. The molecule has 0 bridgehead atoms. The van der Waals surface area contributed by atoms with Gasteiger partial charge in [-0.2, -0.15) is 0 Å². The second-order valence-electron chi connectivity index (χ2n) is 5.44. The van der Waals surface area contributed by atoms with E-state index in [1.807, 2.05) is 37.3 Å². The Hall–Kier alpha value is -2.28. The first-order valence-electron chi connectivity index (χ1n) is 7.16. The SMILES string of the molecule is C#CC(CCC)N1CC(=O)NC(C)(c2ccccc2)C1=O. The Bertz CT molecular complexity index is 576. The van der Waals surface area contributed by atoms with Gasteiger partial charge < -0.3 is 10.2 Å². The van der Waals surface area contributed by atoms with Crippen LogP contribution in [0.5, 0.6) is 0 Å². The molecule has 1 saturated heterocycles. The fraction of sp³-hybridized carbons (Fsp3) is 0.412. The molecule has 0 aliphatic carbocycles. The summed E-state index contributed by atoms with van der Waals surface area (Å²) in [6.45, 7) is 3.76. The molecule has 21 heavy (non-hydrogen) atoms. The summed E-state index contributed by atoms with van der Waals surface area (Å²) in [5, 5.41) is 2.81. The van der Waals surface area contributed by atoms with E-state index in [0.29, 0.717) is 6.42 Å². The molecule has 0 radical (unpaired) electrons. The van der Waals surface area contributed by atoms with Crippen molar-refractivity contribution in [1.29, 1.82) is 0 Å². The zero-order valence-electron chi connectivity index (χ0n) is 12.4. The minimum atomic E-state index is -1.06. The quantitative estimate of drug-likeness (QED) is 0.855. The molecule has 2 atom stereocenters. The molecule has 2 unspecified atom stereocenters. The van der Waals surface area contributed by atoms with Gasteiger partial charge in [-0.15, -0.1) is 6.42 Å². The number of benzene rings is 1. The molecule has 4 heteroatoms. The van der Waals surface area contributed by atoms with E-state index in [1.165, 1.54) is 4.90 Å². The monoisotopic (exact) mass is 284 g/mol. The molecule has 0 spiro atoms. The second kappa shape index (κ2) is 6.01. The van der Waals surface area contributed by atoms with Crippen molar-refractivity contribution in [3.05, 3.63) is 35.9 Å². The van der Waals surface area contributed by atoms with Gasteiger partial charge in [0.15, 0.2) is 0 Å². The number of terminal acetylenes is 1. The number of amides is 2. The number of hydrogen-bond donors (Lipinski definition) is 1. The maximum absolute atomic E-state index is 12.9. The number of carbonyl (C=O) groups is 2. The van der Waals surface area contributed by atoms with Crippen LogP contribution in [0.2, 0.25) is 0 Å². The van der Waals surface area contributed by atoms with E-state index in [1.54, 1.807) is 6.92 Å². The highest BCUT2D eigenvalue weighted by molar-refractivity contribution is 5.98. The predicted molar refractivity (Wildman–Crippen MR) is 81.2 cm³/mol. The third-order valence-electron chi connectivity index (χ3n) is 3.87. The number of carbonyl (C=O) groups excluding carboxylic acids is 2. The Morgan fingerprint density at radius 3 is 2.62 bits per heavy atom. The highest BCUT2D eigenvalue weighted by Crippen LogP contribution is 2.27. The van der Waals surface area contributed by atoms with Crippen LogP contribution in [-0.2, 0) is 15.1 Å². The maximum atomic E-state index is 12.9. The van der Waals surface area contributed by atoms with E-state index in [-0.39, 0.29) is 24.4 Å². The van der Waals surface area contributed by atoms with E-state index in [4.69, 9.17) is 6.42 Å². The summed E-state index contributed by atoms with van der Waals surface area (Å²) in [4.78, 5) is 26.5. The highest BCUT2D eigenvalue weighted by Gasteiger charge is 2.45. The van der Waals surface area contributed by atoms with Gasteiger partial charge in [0.25, 0.3) is 5.91 Å².